The Balaban J connectivity index is 1.58. The van der Waals surface area contributed by atoms with Gasteiger partial charge in [-0.25, -0.2) is 14.2 Å². The lowest BCUT2D eigenvalue weighted by Gasteiger charge is -2.33. The molecule has 146 valence electrons. The summed E-state index contributed by atoms with van der Waals surface area (Å²) < 4.78 is 15.8. The van der Waals surface area contributed by atoms with Crippen LogP contribution in [0.15, 0.2) is 65.6 Å². The van der Waals surface area contributed by atoms with Gasteiger partial charge in [-0.2, -0.15) is 0 Å². The second kappa shape index (κ2) is 6.97. The molecule has 0 fully saturated rings. The summed E-state index contributed by atoms with van der Waals surface area (Å²) in [4.78, 5) is 22.6. The van der Waals surface area contributed by atoms with Crippen LogP contribution >= 0.6 is 0 Å². The molecule has 2 aromatic heterocycles. The van der Waals surface area contributed by atoms with E-state index in [1.807, 2.05) is 6.07 Å². The molecule has 0 bridgehead atoms. The second-order valence-electron chi connectivity index (χ2n) is 7.49. The summed E-state index contributed by atoms with van der Waals surface area (Å²) in [5, 5.41) is 0. The molecule has 0 amide bonds. The van der Waals surface area contributed by atoms with Gasteiger partial charge in [0, 0.05) is 48.6 Å². The van der Waals surface area contributed by atoms with Crippen molar-refractivity contribution in [3.05, 3.63) is 93.9 Å². The predicted molar refractivity (Wildman–Crippen MR) is 110 cm³/mol. The highest BCUT2D eigenvalue weighted by molar-refractivity contribution is 5.65. The van der Waals surface area contributed by atoms with Crippen LogP contribution in [0.3, 0.4) is 0 Å². The van der Waals surface area contributed by atoms with Gasteiger partial charge in [-0.15, -0.1) is 0 Å². The Morgan fingerprint density at radius 1 is 1.10 bits per heavy atom. The lowest BCUT2D eigenvalue weighted by atomic mass is 10.0. The first-order chi connectivity index (χ1) is 14.1. The number of hydrogen-bond donors (Lipinski definition) is 1. The molecule has 5 nitrogen and oxygen atoms in total. The van der Waals surface area contributed by atoms with Crippen LogP contribution in [0.1, 0.15) is 29.8 Å². The van der Waals surface area contributed by atoms with E-state index in [4.69, 9.17) is 0 Å². The van der Waals surface area contributed by atoms with Crippen LogP contribution in [0.5, 0.6) is 0 Å². The average Bonchev–Trinajstić information content (AvgIpc) is 3.20. The van der Waals surface area contributed by atoms with E-state index in [0.717, 1.165) is 24.2 Å². The largest absolute Gasteiger partial charge is 0.331 e. The Hall–Kier alpha value is -3.25. The number of halogens is 1. The van der Waals surface area contributed by atoms with Gasteiger partial charge in [-0.05, 0) is 24.6 Å². The van der Waals surface area contributed by atoms with Crippen molar-refractivity contribution in [3.8, 4) is 11.3 Å². The van der Waals surface area contributed by atoms with Gasteiger partial charge >= 0.3 is 5.69 Å². The van der Waals surface area contributed by atoms with E-state index >= 15 is 0 Å². The third kappa shape index (κ3) is 3.06. The minimum atomic E-state index is -0.347. The van der Waals surface area contributed by atoms with Crippen molar-refractivity contribution >= 4 is 5.65 Å². The molecule has 1 unspecified atom stereocenters. The molecule has 1 aliphatic heterocycles. The average molecular weight is 388 g/mol. The summed E-state index contributed by atoms with van der Waals surface area (Å²) in [6.45, 7) is 3.73. The second-order valence-corrected chi connectivity index (χ2v) is 7.49. The van der Waals surface area contributed by atoms with Gasteiger partial charge in [-0.3, -0.25) is 9.30 Å². The molecule has 0 spiro atoms. The lowest BCUT2D eigenvalue weighted by molar-refractivity contribution is 0.191. The molecular weight excluding hydrogens is 367 g/mol. The number of aromatic nitrogens is 3. The Bertz CT molecular complexity index is 1240. The Kier molecular flexibility index (Phi) is 4.28. The molecule has 3 heterocycles. The highest BCUT2D eigenvalue weighted by atomic mass is 19.1. The summed E-state index contributed by atoms with van der Waals surface area (Å²) in [6.07, 6.45) is 2.37. The van der Waals surface area contributed by atoms with Crippen LogP contribution in [-0.2, 0) is 13.0 Å². The Morgan fingerprint density at radius 2 is 1.86 bits per heavy atom. The summed E-state index contributed by atoms with van der Waals surface area (Å²) in [7, 11) is 0. The van der Waals surface area contributed by atoms with E-state index < -0.39 is 0 Å². The molecule has 5 rings (SSSR count). The van der Waals surface area contributed by atoms with Gasteiger partial charge in [0.25, 0.3) is 0 Å². The molecule has 1 N–H and O–H groups in total. The summed E-state index contributed by atoms with van der Waals surface area (Å²) in [5.74, 6) is -0.347. The molecule has 4 aromatic rings. The van der Waals surface area contributed by atoms with Gasteiger partial charge in [0.1, 0.15) is 11.5 Å². The maximum absolute atomic E-state index is 14.3. The van der Waals surface area contributed by atoms with Crippen molar-refractivity contribution in [1.29, 1.82) is 0 Å². The van der Waals surface area contributed by atoms with E-state index in [2.05, 4.69) is 46.1 Å². The molecule has 1 aliphatic rings. The third-order valence-corrected chi connectivity index (χ3v) is 5.81. The van der Waals surface area contributed by atoms with Gasteiger partial charge < -0.3 is 4.98 Å². The van der Waals surface area contributed by atoms with Crippen LogP contribution in [0.25, 0.3) is 16.9 Å². The van der Waals surface area contributed by atoms with Crippen LogP contribution in [0, 0.1) is 5.82 Å². The number of hydrogen-bond acceptors (Lipinski definition) is 3. The number of rotatable bonds is 3. The first kappa shape index (κ1) is 17.8. The normalized spacial score (nSPS) is 15.4. The fourth-order valence-corrected chi connectivity index (χ4v) is 4.14. The van der Waals surface area contributed by atoms with Crippen molar-refractivity contribution < 1.29 is 4.39 Å². The minimum absolute atomic E-state index is 0.238. The summed E-state index contributed by atoms with van der Waals surface area (Å²) >= 11 is 0. The summed E-state index contributed by atoms with van der Waals surface area (Å²) in [6, 6.07) is 17.1. The number of fused-ring (bicyclic) bond motifs is 3. The number of H-pyrrole nitrogens is 1. The molecule has 0 radical (unpaired) electrons. The highest BCUT2D eigenvalue weighted by Crippen LogP contribution is 2.29. The van der Waals surface area contributed by atoms with Gasteiger partial charge in [-0.1, -0.05) is 42.5 Å². The number of benzene rings is 2. The molecule has 1 atom stereocenters. The summed E-state index contributed by atoms with van der Waals surface area (Å²) in [5.41, 5.74) is 4.41. The van der Waals surface area contributed by atoms with E-state index in [-0.39, 0.29) is 17.5 Å². The standard InChI is InChI=1S/C23H21FN4O/c1-15(16-7-3-2-4-8-16)27-12-11-20-18(13-27)22-25-21(14-28(22)23(29)26-20)17-9-5-6-10-19(17)24/h2-10,14-15H,11-13H2,1H3,(H,26,29). The zero-order chi connectivity index (χ0) is 20.0. The van der Waals surface area contributed by atoms with Crippen molar-refractivity contribution in [1.82, 2.24) is 19.3 Å². The SMILES string of the molecule is CC(c1ccccc1)N1CCc2[nH]c(=O)n3cc(-c4ccccc4F)nc3c2C1. The molecule has 0 saturated carbocycles. The first-order valence-corrected chi connectivity index (χ1v) is 9.79. The van der Waals surface area contributed by atoms with Crippen LogP contribution < -0.4 is 5.69 Å². The third-order valence-electron chi connectivity index (χ3n) is 5.81. The van der Waals surface area contributed by atoms with Crippen molar-refractivity contribution in [2.75, 3.05) is 6.54 Å². The monoisotopic (exact) mass is 388 g/mol. The van der Waals surface area contributed by atoms with E-state index in [9.17, 15) is 9.18 Å². The number of imidazole rings is 1. The molecule has 29 heavy (non-hydrogen) atoms. The van der Waals surface area contributed by atoms with Gasteiger partial charge in [0.2, 0.25) is 0 Å². The van der Waals surface area contributed by atoms with E-state index in [1.54, 1.807) is 24.4 Å². The molecule has 2 aromatic carbocycles. The number of nitrogens with one attached hydrogen (secondary N) is 1. The van der Waals surface area contributed by atoms with Gasteiger partial charge in [0.05, 0.1) is 5.69 Å². The zero-order valence-electron chi connectivity index (χ0n) is 16.1. The number of nitrogens with zero attached hydrogens (tertiary/aromatic N) is 3. The first-order valence-electron chi connectivity index (χ1n) is 9.79. The fourth-order valence-electron chi connectivity index (χ4n) is 4.14. The van der Waals surface area contributed by atoms with Gasteiger partial charge in [0.15, 0.2) is 0 Å². The Labute approximate surface area is 167 Å². The van der Waals surface area contributed by atoms with Crippen LogP contribution in [0.2, 0.25) is 0 Å². The highest BCUT2D eigenvalue weighted by Gasteiger charge is 2.26. The molecular formula is C23H21FN4O. The zero-order valence-corrected chi connectivity index (χ0v) is 16.1. The quantitative estimate of drug-likeness (QED) is 0.578. The number of aromatic amines is 1. The maximum Gasteiger partial charge on any atom is 0.331 e. The molecule has 0 saturated heterocycles. The topological polar surface area (TPSA) is 53.4 Å². The molecule has 0 aliphatic carbocycles. The lowest BCUT2D eigenvalue weighted by Crippen LogP contribution is -2.35. The smallest absolute Gasteiger partial charge is 0.310 e. The predicted octanol–water partition coefficient (Wildman–Crippen LogP) is 3.95. The maximum atomic E-state index is 14.3. The van der Waals surface area contributed by atoms with Crippen molar-refractivity contribution in [2.45, 2.75) is 25.9 Å². The van der Waals surface area contributed by atoms with E-state index in [1.165, 1.54) is 16.0 Å². The Morgan fingerprint density at radius 3 is 2.66 bits per heavy atom. The van der Waals surface area contributed by atoms with Crippen LogP contribution in [0.4, 0.5) is 4.39 Å². The minimum Gasteiger partial charge on any atom is -0.310 e. The van der Waals surface area contributed by atoms with Crippen LogP contribution in [-0.4, -0.2) is 25.8 Å². The fraction of sp³-hybridized carbons (Fsp3) is 0.217. The van der Waals surface area contributed by atoms with E-state index in [0.29, 0.717) is 23.4 Å². The van der Waals surface area contributed by atoms with Crippen molar-refractivity contribution in [2.24, 2.45) is 0 Å². The molecule has 6 heteroatoms. The van der Waals surface area contributed by atoms with Crippen molar-refractivity contribution in [3.63, 3.8) is 0 Å².